The minimum absolute atomic E-state index is 0.0206. The molecule has 0 saturated carbocycles. The molecule has 1 aromatic rings. The normalized spacial score (nSPS) is 20.0. The highest BCUT2D eigenvalue weighted by molar-refractivity contribution is 5.88. The van der Waals surface area contributed by atoms with Gasteiger partial charge in [0, 0.05) is 40.3 Å². The Balaban J connectivity index is 2.21. The molecule has 2 rings (SSSR count). The highest BCUT2D eigenvalue weighted by atomic mass is 16.5. The van der Waals surface area contributed by atoms with E-state index in [0.29, 0.717) is 30.9 Å². The highest BCUT2D eigenvalue weighted by Crippen LogP contribution is 2.30. The van der Waals surface area contributed by atoms with Crippen molar-refractivity contribution in [2.24, 2.45) is 29.4 Å². The van der Waals surface area contributed by atoms with Gasteiger partial charge >= 0.3 is 0 Å². The monoisotopic (exact) mass is 732 g/mol. The molecule has 10 atom stereocenters. The van der Waals surface area contributed by atoms with Gasteiger partial charge in [-0.25, -0.2) is 0 Å². The summed E-state index contributed by atoms with van der Waals surface area (Å²) in [6.07, 6.45) is 0.964. The molecule has 12 heteroatoms. The molecule has 0 bridgehead atoms. The van der Waals surface area contributed by atoms with E-state index in [1.807, 2.05) is 58.0 Å². The molecule has 0 unspecified atom stereocenters. The zero-order valence-electron chi connectivity index (χ0n) is 33.6. The highest BCUT2D eigenvalue weighted by Gasteiger charge is 2.43. The van der Waals surface area contributed by atoms with Crippen molar-refractivity contribution in [2.45, 2.75) is 142 Å². The number of methoxy groups -OCH3 is 2. The summed E-state index contributed by atoms with van der Waals surface area (Å²) in [6.45, 7) is 16.0. The van der Waals surface area contributed by atoms with Gasteiger partial charge in [0.25, 0.3) is 0 Å². The lowest BCUT2D eigenvalue weighted by atomic mass is 9.89. The lowest BCUT2D eigenvalue weighted by Crippen LogP contribution is -2.58. The van der Waals surface area contributed by atoms with E-state index in [1.165, 1.54) is 0 Å². The summed E-state index contributed by atoms with van der Waals surface area (Å²) in [5, 5.41) is 16.7. The molecule has 1 aromatic carbocycles. The lowest BCUT2D eigenvalue weighted by Gasteiger charge is -2.41. The number of nitrogens with one attached hydrogen (secondary N) is 2. The molecule has 1 fully saturated rings. The Bertz CT molecular complexity index is 1260. The number of nitrogens with zero attached hydrogens (tertiary/aromatic N) is 2. The van der Waals surface area contributed by atoms with E-state index >= 15 is 0 Å². The van der Waals surface area contributed by atoms with Gasteiger partial charge in [-0.15, -0.1) is 0 Å². The molecule has 52 heavy (non-hydrogen) atoms. The van der Waals surface area contributed by atoms with Crippen LogP contribution in [-0.2, 0) is 28.7 Å². The number of carbonyl (C=O) groups is 4. The summed E-state index contributed by atoms with van der Waals surface area (Å²) in [4.78, 5) is 58.1. The number of aliphatic hydroxyl groups is 1. The number of rotatable bonds is 21. The summed E-state index contributed by atoms with van der Waals surface area (Å²) < 4.78 is 11.9. The summed E-state index contributed by atoms with van der Waals surface area (Å²) in [5.41, 5.74) is 6.91. The van der Waals surface area contributed by atoms with Crippen molar-refractivity contribution < 1.29 is 33.8 Å². The minimum atomic E-state index is -0.877. The number of nitrogens with two attached hydrogens (primary N) is 1. The zero-order chi connectivity index (χ0) is 39.3. The summed E-state index contributed by atoms with van der Waals surface area (Å²) in [7, 11) is 4.83. The molecular weight excluding hydrogens is 662 g/mol. The van der Waals surface area contributed by atoms with Crippen LogP contribution in [-0.4, -0.2) is 109 Å². The van der Waals surface area contributed by atoms with Crippen molar-refractivity contribution >= 4 is 23.6 Å². The maximum absolute atomic E-state index is 14.1. The Hall–Kier alpha value is -3.06. The predicted octanol–water partition coefficient (Wildman–Crippen LogP) is 4.05. The van der Waals surface area contributed by atoms with Crippen molar-refractivity contribution in [3.8, 4) is 0 Å². The van der Waals surface area contributed by atoms with E-state index in [-0.39, 0.29) is 60.4 Å². The number of hydrogen-bond acceptors (Lipinski definition) is 8. The summed E-state index contributed by atoms with van der Waals surface area (Å²) in [5.74, 6) is -1.36. The van der Waals surface area contributed by atoms with Crippen molar-refractivity contribution in [1.82, 2.24) is 20.4 Å². The van der Waals surface area contributed by atoms with Crippen LogP contribution in [0.3, 0.4) is 0 Å². The van der Waals surface area contributed by atoms with E-state index in [4.69, 9.17) is 15.2 Å². The molecule has 1 saturated heterocycles. The Kier molecular flexibility index (Phi) is 18.7. The fraction of sp³-hybridized carbons (Fsp3) is 0.750. The summed E-state index contributed by atoms with van der Waals surface area (Å²) in [6, 6.07) is 6.79. The molecule has 0 radical (unpaired) electrons. The molecule has 0 aliphatic carbocycles. The van der Waals surface area contributed by atoms with Gasteiger partial charge in [-0.2, -0.15) is 0 Å². The van der Waals surface area contributed by atoms with Gasteiger partial charge < -0.3 is 40.7 Å². The van der Waals surface area contributed by atoms with Gasteiger partial charge in [-0.05, 0) is 49.5 Å². The topological polar surface area (TPSA) is 164 Å². The molecule has 12 nitrogen and oxygen atoms in total. The number of benzene rings is 1. The van der Waals surface area contributed by atoms with Crippen molar-refractivity contribution in [3.63, 3.8) is 0 Å². The predicted molar refractivity (Wildman–Crippen MR) is 204 cm³/mol. The van der Waals surface area contributed by atoms with Crippen molar-refractivity contribution in [3.05, 3.63) is 35.9 Å². The van der Waals surface area contributed by atoms with E-state index in [9.17, 15) is 24.3 Å². The van der Waals surface area contributed by atoms with Crippen LogP contribution in [0.15, 0.2) is 30.3 Å². The second-order valence-electron chi connectivity index (χ2n) is 15.6. The SMILES string of the molecule is CC[C@H](C)[C@@H]([C@@H](CC(=O)N1CCC[C@H]1[C@H](OC)[C@@H](C)C(=O)N[C@H](C)[C@@H](O)c1ccccc1)OC)N(C)C(=O)[C@@H](NC(=O)C[C@@H](N)CC(C)C)C(C)C. The Labute approximate surface area is 312 Å². The number of likely N-dealkylation sites (tertiary alicyclic amines) is 1. The first-order valence-corrected chi connectivity index (χ1v) is 19.2. The van der Waals surface area contributed by atoms with E-state index in [1.54, 1.807) is 44.9 Å². The third-order valence-corrected chi connectivity index (χ3v) is 10.7. The maximum atomic E-state index is 14.1. The van der Waals surface area contributed by atoms with Gasteiger partial charge in [0.05, 0.1) is 48.8 Å². The van der Waals surface area contributed by atoms with E-state index < -0.39 is 42.4 Å². The average Bonchev–Trinajstić information content (AvgIpc) is 3.59. The van der Waals surface area contributed by atoms with Crippen molar-refractivity contribution in [1.29, 1.82) is 0 Å². The number of likely N-dealkylation sites (N-methyl/N-ethyl adjacent to an activating group) is 1. The van der Waals surface area contributed by atoms with Gasteiger partial charge in [0.1, 0.15) is 6.04 Å². The van der Waals surface area contributed by atoms with Crippen molar-refractivity contribution in [2.75, 3.05) is 27.8 Å². The standard InChI is InChI=1S/C40H69N5O7/c1-12-26(6)36(44(9)40(50)35(25(4)5)43-33(46)22-30(41)21-24(2)3)32(51-10)23-34(47)45-20-16-19-31(45)38(52-11)27(7)39(49)42-28(8)37(48)29-17-14-13-15-18-29/h13-15,17-18,24-28,30-32,35-38,48H,12,16,19-23,41H2,1-11H3,(H,42,49)(H,43,46)/t26-,27+,28+,30-,31-,32+,35-,36-,37+,38+/m0/s1. The second kappa shape index (κ2) is 21.6. The molecule has 0 aromatic heterocycles. The van der Waals surface area contributed by atoms with Crippen LogP contribution < -0.4 is 16.4 Å². The third kappa shape index (κ3) is 12.5. The fourth-order valence-corrected chi connectivity index (χ4v) is 7.57. The molecular formula is C40H69N5O7. The molecule has 296 valence electrons. The molecule has 0 spiro atoms. The quantitative estimate of drug-likeness (QED) is 0.147. The number of hydrogen-bond donors (Lipinski definition) is 4. The molecule has 1 aliphatic rings. The Morgan fingerprint density at radius 1 is 0.981 bits per heavy atom. The lowest BCUT2D eigenvalue weighted by molar-refractivity contribution is -0.147. The number of carbonyl (C=O) groups excluding carboxylic acids is 4. The first-order valence-electron chi connectivity index (χ1n) is 19.2. The zero-order valence-corrected chi connectivity index (χ0v) is 33.6. The van der Waals surface area contributed by atoms with Crippen LogP contribution in [0.2, 0.25) is 0 Å². The van der Waals surface area contributed by atoms with E-state index in [2.05, 4.69) is 24.5 Å². The number of aliphatic hydroxyl groups excluding tert-OH is 1. The van der Waals surface area contributed by atoms with Crippen LogP contribution in [0.5, 0.6) is 0 Å². The van der Waals surface area contributed by atoms with Gasteiger partial charge in [0.15, 0.2) is 0 Å². The molecule has 5 N–H and O–H groups in total. The fourth-order valence-electron chi connectivity index (χ4n) is 7.57. The van der Waals surface area contributed by atoms with Crippen LogP contribution >= 0.6 is 0 Å². The molecule has 1 heterocycles. The Morgan fingerprint density at radius 3 is 2.15 bits per heavy atom. The largest absolute Gasteiger partial charge is 0.386 e. The average molecular weight is 732 g/mol. The van der Waals surface area contributed by atoms with E-state index in [0.717, 1.165) is 12.8 Å². The van der Waals surface area contributed by atoms with Gasteiger partial charge in [-0.3, -0.25) is 19.2 Å². The molecule has 1 aliphatic heterocycles. The number of ether oxygens (including phenoxy) is 2. The molecule has 4 amide bonds. The number of amides is 4. The first-order chi connectivity index (χ1) is 24.5. The summed E-state index contributed by atoms with van der Waals surface area (Å²) >= 11 is 0. The maximum Gasteiger partial charge on any atom is 0.245 e. The van der Waals surface area contributed by atoms with Gasteiger partial charge in [-0.1, -0.05) is 85.2 Å². The smallest absolute Gasteiger partial charge is 0.245 e. The van der Waals surface area contributed by atoms with Crippen LogP contribution in [0.1, 0.15) is 106 Å². The third-order valence-electron chi connectivity index (χ3n) is 10.7. The first kappa shape index (κ1) is 45.1. The van der Waals surface area contributed by atoms with Gasteiger partial charge in [0.2, 0.25) is 23.6 Å². The Morgan fingerprint density at radius 2 is 1.62 bits per heavy atom. The van der Waals surface area contributed by atoms with Crippen LogP contribution in [0, 0.1) is 23.7 Å². The van der Waals surface area contributed by atoms with Crippen LogP contribution in [0.25, 0.3) is 0 Å². The minimum Gasteiger partial charge on any atom is -0.386 e. The van der Waals surface area contributed by atoms with Crippen LogP contribution in [0.4, 0.5) is 0 Å². The second-order valence-corrected chi connectivity index (χ2v) is 15.6.